The minimum absolute atomic E-state index is 0.0387. The number of ether oxygens (including phenoxy) is 1. The van der Waals surface area contributed by atoms with Gasteiger partial charge >= 0.3 is 12.0 Å². The second kappa shape index (κ2) is 11.9. The average molecular weight is 542 g/mol. The van der Waals surface area contributed by atoms with Gasteiger partial charge in [0.2, 0.25) is 5.91 Å². The maximum atomic E-state index is 13.3. The quantitative estimate of drug-likeness (QED) is 0.320. The van der Waals surface area contributed by atoms with Crippen molar-refractivity contribution in [2.75, 3.05) is 17.2 Å². The van der Waals surface area contributed by atoms with Crippen molar-refractivity contribution in [3.8, 4) is 11.1 Å². The molecule has 3 aromatic rings. The van der Waals surface area contributed by atoms with Gasteiger partial charge in [-0.1, -0.05) is 57.2 Å². The van der Waals surface area contributed by atoms with Gasteiger partial charge in [0.05, 0.1) is 5.56 Å². The highest BCUT2D eigenvalue weighted by Gasteiger charge is 2.39. The van der Waals surface area contributed by atoms with E-state index in [0.717, 1.165) is 17.5 Å². The highest BCUT2D eigenvalue weighted by molar-refractivity contribution is 6.00. The minimum Gasteiger partial charge on any atom is -0.456 e. The van der Waals surface area contributed by atoms with E-state index in [1.165, 1.54) is 5.56 Å². The normalized spacial score (nSPS) is 17.0. The van der Waals surface area contributed by atoms with E-state index in [1.807, 2.05) is 88.4 Å². The summed E-state index contributed by atoms with van der Waals surface area (Å²) in [7, 11) is 0. The Morgan fingerprint density at radius 2 is 1.35 bits per heavy atom. The highest BCUT2D eigenvalue weighted by Crippen LogP contribution is 2.28. The lowest BCUT2D eigenvalue weighted by molar-refractivity contribution is -0.120. The fraction of sp³-hybridized carbons (Fsp3) is 0.364. The summed E-state index contributed by atoms with van der Waals surface area (Å²) in [6.07, 6.45) is 0.760. The number of amides is 3. The molecular weight excluding hydrogens is 502 g/mol. The van der Waals surface area contributed by atoms with Crippen LogP contribution in [0, 0.1) is 5.92 Å². The van der Waals surface area contributed by atoms with Crippen LogP contribution in [0.5, 0.6) is 0 Å². The van der Waals surface area contributed by atoms with Crippen molar-refractivity contribution in [2.45, 2.75) is 65.5 Å². The molecule has 1 fully saturated rings. The predicted octanol–water partition coefficient (Wildman–Crippen LogP) is 7.31. The molecule has 0 aromatic heterocycles. The number of likely N-dealkylation sites (tertiary alicyclic amines) is 1. The minimum atomic E-state index is -0.560. The van der Waals surface area contributed by atoms with Crippen molar-refractivity contribution >= 4 is 29.3 Å². The van der Waals surface area contributed by atoms with Crippen molar-refractivity contribution in [2.24, 2.45) is 5.92 Å². The molecule has 40 heavy (non-hydrogen) atoms. The second-order valence-electron chi connectivity index (χ2n) is 11.8. The molecule has 2 atom stereocenters. The zero-order valence-corrected chi connectivity index (χ0v) is 24.2. The Morgan fingerprint density at radius 1 is 0.825 bits per heavy atom. The number of anilines is 2. The largest absolute Gasteiger partial charge is 0.456 e. The molecule has 0 unspecified atom stereocenters. The lowest BCUT2D eigenvalue weighted by Gasteiger charge is -2.26. The fourth-order valence-corrected chi connectivity index (χ4v) is 4.82. The summed E-state index contributed by atoms with van der Waals surface area (Å²) in [6.45, 7) is 12.3. The number of hydrogen-bond donors (Lipinski definition) is 2. The van der Waals surface area contributed by atoms with Crippen LogP contribution < -0.4 is 10.6 Å². The summed E-state index contributed by atoms with van der Waals surface area (Å²) in [5, 5.41) is 5.93. The Kier molecular flexibility index (Phi) is 8.62. The molecule has 1 aliphatic heterocycles. The van der Waals surface area contributed by atoms with Crippen LogP contribution in [0.4, 0.5) is 16.2 Å². The molecule has 1 heterocycles. The van der Waals surface area contributed by atoms with Crippen LogP contribution in [0.3, 0.4) is 0 Å². The van der Waals surface area contributed by atoms with E-state index in [0.29, 0.717) is 29.4 Å². The Bertz CT molecular complexity index is 1340. The predicted molar refractivity (Wildman–Crippen MR) is 160 cm³/mol. The van der Waals surface area contributed by atoms with E-state index in [4.69, 9.17) is 4.74 Å². The molecule has 0 aliphatic carbocycles. The van der Waals surface area contributed by atoms with Gasteiger partial charge in [-0.3, -0.25) is 4.79 Å². The molecule has 4 rings (SSSR count). The fourth-order valence-electron chi connectivity index (χ4n) is 4.82. The topological polar surface area (TPSA) is 87.7 Å². The smallest absolute Gasteiger partial charge is 0.338 e. The summed E-state index contributed by atoms with van der Waals surface area (Å²) < 4.78 is 5.43. The van der Waals surface area contributed by atoms with Gasteiger partial charge < -0.3 is 20.3 Å². The average Bonchev–Trinajstić information content (AvgIpc) is 3.30. The van der Waals surface area contributed by atoms with E-state index in [9.17, 15) is 14.4 Å². The van der Waals surface area contributed by atoms with Crippen molar-refractivity contribution in [3.63, 3.8) is 0 Å². The monoisotopic (exact) mass is 541 g/mol. The first-order valence-electron chi connectivity index (χ1n) is 13.8. The molecule has 0 saturated carbocycles. The molecule has 2 N–H and O–H groups in total. The van der Waals surface area contributed by atoms with E-state index in [2.05, 4.69) is 24.5 Å². The maximum absolute atomic E-state index is 13.3. The molecule has 3 aromatic carbocycles. The number of carbonyl (C=O) groups excluding carboxylic acids is 3. The Morgan fingerprint density at radius 3 is 1.90 bits per heavy atom. The molecule has 0 bridgehead atoms. The molecular formula is C33H39N3O4. The van der Waals surface area contributed by atoms with Crippen LogP contribution in [-0.4, -0.2) is 41.0 Å². The van der Waals surface area contributed by atoms with Gasteiger partial charge in [0.25, 0.3) is 0 Å². The summed E-state index contributed by atoms with van der Waals surface area (Å²) in [5.74, 6) is -0.109. The third-order valence-corrected chi connectivity index (χ3v) is 7.06. The van der Waals surface area contributed by atoms with Crippen LogP contribution in [-0.2, 0) is 9.53 Å². The van der Waals surface area contributed by atoms with Crippen molar-refractivity contribution < 1.29 is 19.1 Å². The van der Waals surface area contributed by atoms with Gasteiger partial charge in [-0.15, -0.1) is 0 Å². The third kappa shape index (κ3) is 7.08. The maximum Gasteiger partial charge on any atom is 0.338 e. The van der Waals surface area contributed by atoms with E-state index in [-0.39, 0.29) is 23.8 Å². The SMILES string of the molecule is CC(C)c1ccc(NC(=O)N2CC[C@H](C)[C@H]2C(=O)Nc2ccc(-c3ccc(C(=O)OC(C)(C)C)cc3)cc2)cc1. The van der Waals surface area contributed by atoms with Crippen LogP contribution in [0.25, 0.3) is 11.1 Å². The van der Waals surface area contributed by atoms with Crippen LogP contribution in [0.1, 0.15) is 69.8 Å². The van der Waals surface area contributed by atoms with Crippen molar-refractivity contribution in [1.29, 1.82) is 0 Å². The molecule has 1 saturated heterocycles. The van der Waals surface area contributed by atoms with Crippen LogP contribution >= 0.6 is 0 Å². The van der Waals surface area contributed by atoms with Crippen molar-refractivity contribution in [1.82, 2.24) is 4.90 Å². The van der Waals surface area contributed by atoms with Crippen LogP contribution in [0.2, 0.25) is 0 Å². The highest BCUT2D eigenvalue weighted by atomic mass is 16.6. The number of benzene rings is 3. The number of carbonyl (C=O) groups is 3. The molecule has 210 valence electrons. The lowest BCUT2D eigenvalue weighted by atomic mass is 10.0. The molecule has 1 aliphatic rings. The zero-order valence-electron chi connectivity index (χ0n) is 24.2. The number of nitrogens with one attached hydrogen (secondary N) is 2. The van der Waals surface area contributed by atoms with E-state index >= 15 is 0 Å². The summed E-state index contributed by atoms with van der Waals surface area (Å²) in [6, 6.07) is 21.8. The number of esters is 1. The number of urea groups is 1. The third-order valence-electron chi connectivity index (χ3n) is 7.06. The summed E-state index contributed by atoms with van der Waals surface area (Å²) in [5.41, 5.74) is 4.41. The first kappa shape index (κ1) is 28.9. The van der Waals surface area contributed by atoms with Gasteiger partial charge in [0.1, 0.15) is 11.6 Å². The Hall–Kier alpha value is -4.13. The second-order valence-corrected chi connectivity index (χ2v) is 11.8. The van der Waals surface area contributed by atoms with Gasteiger partial charge in [-0.25, -0.2) is 9.59 Å². The Labute approximate surface area is 236 Å². The molecule has 0 spiro atoms. The van der Waals surface area contributed by atoms with Gasteiger partial charge in [-0.05, 0) is 92.1 Å². The van der Waals surface area contributed by atoms with Gasteiger partial charge in [0, 0.05) is 17.9 Å². The first-order chi connectivity index (χ1) is 18.9. The summed E-state index contributed by atoms with van der Waals surface area (Å²) >= 11 is 0. The zero-order chi connectivity index (χ0) is 29.0. The van der Waals surface area contributed by atoms with Crippen LogP contribution in [0.15, 0.2) is 72.8 Å². The number of rotatable bonds is 6. The lowest BCUT2D eigenvalue weighted by Crippen LogP contribution is -2.47. The number of nitrogens with zero attached hydrogens (tertiary/aromatic N) is 1. The molecule has 0 radical (unpaired) electrons. The standard InChI is InChI=1S/C33H39N3O4/c1-21(2)23-11-15-28(16-12-23)35-32(39)36-20-19-22(3)29(36)30(37)34-27-17-13-25(14-18-27)24-7-9-26(10-8-24)31(38)40-33(4,5)6/h7-18,21-22,29H,19-20H2,1-6H3,(H,34,37)(H,35,39)/t22-,29-/m0/s1. The summed E-state index contributed by atoms with van der Waals surface area (Å²) in [4.78, 5) is 40.3. The van der Waals surface area contributed by atoms with E-state index < -0.39 is 11.6 Å². The number of hydrogen-bond acceptors (Lipinski definition) is 4. The van der Waals surface area contributed by atoms with Crippen molar-refractivity contribution in [3.05, 3.63) is 83.9 Å². The first-order valence-corrected chi connectivity index (χ1v) is 13.8. The Balaban J connectivity index is 1.38. The van der Waals surface area contributed by atoms with Gasteiger partial charge in [-0.2, -0.15) is 0 Å². The van der Waals surface area contributed by atoms with E-state index in [1.54, 1.807) is 17.0 Å². The molecule has 3 amide bonds. The molecule has 7 heteroatoms. The van der Waals surface area contributed by atoms with Gasteiger partial charge in [0.15, 0.2) is 0 Å². The molecule has 7 nitrogen and oxygen atoms in total.